The third-order valence-electron chi connectivity index (χ3n) is 7.79. The molecule has 4 rings (SSSR count). The molecule has 1 N–H and O–H groups in total. The normalized spacial score (nSPS) is 45.3. The molecule has 0 unspecified atom stereocenters. The van der Waals surface area contributed by atoms with Gasteiger partial charge in [0.25, 0.3) is 0 Å². The number of aliphatic carboxylic acids is 1. The van der Waals surface area contributed by atoms with Gasteiger partial charge in [0, 0.05) is 11.8 Å². The summed E-state index contributed by atoms with van der Waals surface area (Å²) in [5, 5.41) is 9.87. The van der Waals surface area contributed by atoms with Crippen LogP contribution in [0, 0.1) is 22.7 Å². The summed E-state index contributed by atoms with van der Waals surface area (Å²) in [5.41, 5.74) is -0.292. The van der Waals surface area contributed by atoms with Crippen LogP contribution in [0.4, 0.5) is 0 Å². The first-order chi connectivity index (χ1) is 11.7. The van der Waals surface area contributed by atoms with Gasteiger partial charge < -0.3 is 14.3 Å². The predicted octanol–water partition coefficient (Wildman–Crippen LogP) is 3.93. The maximum Gasteiger partial charge on any atom is 0.307 e. The fourth-order valence-corrected chi connectivity index (χ4v) is 6.10. The van der Waals surface area contributed by atoms with E-state index in [1.165, 1.54) is 12.5 Å². The Morgan fingerprint density at radius 1 is 1.24 bits per heavy atom. The van der Waals surface area contributed by atoms with Gasteiger partial charge >= 0.3 is 5.97 Å². The van der Waals surface area contributed by atoms with Crippen molar-refractivity contribution in [1.82, 2.24) is 0 Å². The molecule has 0 radical (unpaired) electrons. The summed E-state index contributed by atoms with van der Waals surface area (Å²) in [6, 6.07) is 1.66. The molecule has 0 amide bonds. The number of ketones is 1. The maximum atomic E-state index is 12.8. The smallest absolute Gasteiger partial charge is 0.307 e. The maximum absolute atomic E-state index is 12.8. The minimum Gasteiger partial charge on any atom is -0.481 e. The van der Waals surface area contributed by atoms with Gasteiger partial charge in [-0.1, -0.05) is 13.8 Å². The second kappa shape index (κ2) is 5.19. The molecule has 3 fully saturated rings. The number of ether oxygens (including phenoxy) is 1. The Balaban J connectivity index is 1.72. The Hall–Kier alpha value is -1.62. The highest BCUT2D eigenvalue weighted by molar-refractivity contribution is 5.96. The molecule has 5 heteroatoms. The molecule has 2 heterocycles. The van der Waals surface area contributed by atoms with E-state index in [9.17, 15) is 14.7 Å². The number of carboxylic acids is 1. The largest absolute Gasteiger partial charge is 0.481 e. The number of fused-ring (bicyclic) bond motifs is 3. The van der Waals surface area contributed by atoms with Crippen LogP contribution in [-0.2, 0) is 9.53 Å². The van der Waals surface area contributed by atoms with E-state index in [0.717, 1.165) is 19.3 Å². The highest BCUT2D eigenvalue weighted by Gasteiger charge is 2.72. The molecule has 0 spiro atoms. The van der Waals surface area contributed by atoms with Crippen molar-refractivity contribution in [1.29, 1.82) is 0 Å². The van der Waals surface area contributed by atoms with E-state index in [1.807, 2.05) is 6.92 Å². The van der Waals surface area contributed by atoms with E-state index in [-0.39, 0.29) is 29.1 Å². The van der Waals surface area contributed by atoms with Crippen LogP contribution in [0.3, 0.4) is 0 Å². The molecule has 1 aromatic heterocycles. The third kappa shape index (κ3) is 2.17. The van der Waals surface area contributed by atoms with E-state index in [1.54, 1.807) is 6.07 Å². The van der Waals surface area contributed by atoms with Crippen LogP contribution in [0.2, 0.25) is 0 Å². The summed E-state index contributed by atoms with van der Waals surface area (Å²) in [4.78, 5) is 24.8. The average Bonchev–Trinajstić information content (AvgIpc) is 2.97. The van der Waals surface area contributed by atoms with Crippen molar-refractivity contribution in [3.05, 3.63) is 24.2 Å². The molecule has 2 aliphatic carbocycles. The fraction of sp³-hybridized carbons (Fsp3) is 0.700. The number of carboxylic acid groups (broad SMARTS) is 1. The quantitative estimate of drug-likeness (QED) is 0.660. The highest BCUT2D eigenvalue weighted by atomic mass is 16.6. The summed E-state index contributed by atoms with van der Waals surface area (Å²) in [5.74, 6) is -1.15. The van der Waals surface area contributed by atoms with E-state index >= 15 is 0 Å². The molecular formula is C20H26O5. The SMILES string of the molecule is C[C@]1(CC(=O)c2ccoc2)[C@@H](C(=O)O)CC[C@]2(C)[C@@H]1CC[C@H]1O[C@]12C. The molecule has 25 heavy (non-hydrogen) atoms. The number of furan rings is 1. The summed E-state index contributed by atoms with van der Waals surface area (Å²) >= 11 is 0. The molecule has 5 nitrogen and oxygen atoms in total. The first-order valence-corrected chi connectivity index (χ1v) is 9.18. The molecule has 0 bridgehead atoms. The third-order valence-corrected chi connectivity index (χ3v) is 7.79. The number of Topliss-reactive ketones (excluding diaryl/α,β-unsaturated/α-hetero) is 1. The average molecular weight is 346 g/mol. The van der Waals surface area contributed by atoms with E-state index in [4.69, 9.17) is 9.15 Å². The van der Waals surface area contributed by atoms with Gasteiger partial charge in [-0.05, 0) is 50.0 Å². The monoisotopic (exact) mass is 346 g/mol. The summed E-state index contributed by atoms with van der Waals surface area (Å²) in [6.07, 6.45) is 6.80. The standard InChI is InChI=1S/C20H26O5/c1-18(10-14(21)12-7-9-24-11-12)13(17(22)23)6-8-19(2)15(18)4-5-16-20(19,3)25-16/h7,9,11,13,15-16H,4-6,8,10H2,1-3H3,(H,22,23)/t13-,15-,16-,18+,19-,20-/m1/s1. The zero-order valence-corrected chi connectivity index (χ0v) is 15.1. The van der Waals surface area contributed by atoms with Crippen molar-refractivity contribution in [3.8, 4) is 0 Å². The van der Waals surface area contributed by atoms with Crippen LogP contribution in [0.1, 0.15) is 63.2 Å². The van der Waals surface area contributed by atoms with Crippen LogP contribution < -0.4 is 0 Å². The Morgan fingerprint density at radius 2 is 2.00 bits per heavy atom. The molecular weight excluding hydrogens is 320 g/mol. The van der Waals surface area contributed by atoms with Gasteiger partial charge in [0.1, 0.15) is 6.26 Å². The van der Waals surface area contributed by atoms with Gasteiger partial charge in [0.05, 0.1) is 29.4 Å². The van der Waals surface area contributed by atoms with Gasteiger partial charge in [-0.3, -0.25) is 9.59 Å². The second-order valence-corrected chi connectivity index (χ2v) is 8.81. The molecule has 3 aliphatic rings. The van der Waals surface area contributed by atoms with Crippen molar-refractivity contribution in [2.45, 2.75) is 64.6 Å². The van der Waals surface area contributed by atoms with Crippen molar-refractivity contribution in [2.75, 3.05) is 0 Å². The van der Waals surface area contributed by atoms with E-state index < -0.39 is 17.3 Å². The lowest BCUT2D eigenvalue weighted by Crippen LogP contribution is -2.58. The highest BCUT2D eigenvalue weighted by Crippen LogP contribution is 2.70. The predicted molar refractivity (Wildman–Crippen MR) is 90.2 cm³/mol. The second-order valence-electron chi connectivity index (χ2n) is 8.81. The van der Waals surface area contributed by atoms with Crippen LogP contribution in [0.15, 0.2) is 23.0 Å². The van der Waals surface area contributed by atoms with E-state index in [2.05, 4.69) is 13.8 Å². The molecule has 1 aromatic rings. The van der Waals surface area contributed by atoms with Crippen LogP contribution in [-0.4, -0.2) is 28.6 Å². The van der Waals surface area contributed by atoms with Gasteiger partial charge in [-0.2, -0.15) is 0 Å². The van der Waals surface area contributed by atoms with Crippen LogP contribution in [0.5, 0.6) is 0 Å². The van der Waals surface area contributed by atoms with Crippen molar-refractivity contribution >= 4 is 11.8 Å². The molecule has 6 atom stereocenters. The summed E-state index contributed by atoms with van der Waals surface area (Å²) in [7, 11) is 0. The number of rotatable bonds is 4. The van der Waals surface area contributed by atoms with Crippen LogP contribution >= 0.6 is 0 Å². The zero-order valence-electron chi connectivity index (χ0n) is 15.1. The molecule has 136 valence electrons. The molecule has 2 saturated carbocycles. The molecule has 0 aromatic carbocycles. The number of epoxide rings is 1. The lowest BCUT2D eigenvalue weighted by atomic mass is 9.44. The van der Waals surface area contributed by atoms with Crippen molar-refractivity contribution in [2.24, 2.45) is 22.7 Å². The van der Waals surface area contributed by atoms with Gasteiger partial charge in [-0.15, -0.1) is 0 Å². The first kappa shape index (κ1) is 16.8. The Morgan fingerprint density at radius 3 is 2.64 bits per heavy atom. The van der Waals surface area contributed by atoms with Crippen LogP contribution in [0.25, 0.3) is 0 Å². The van der Waals surface area contributed by atoms with Crippen molar-refractivity contribution in [3.63, 3.8) is 0 Å². The summed E-state index contributed by atoms with van der Waals surface area (Å²) < 4.78 is 11.1. The Kier molecular flexibility index (Phi) is 3.50. The number of carbonyl (C=O) groups excluding carboxylic acids is 1. The Bertz CT molecular complexity index is 710. The summed E-state index contributed by atoms with van der Waals surface area (Å²) in [6.45, 7) is 6.43. The lowest BCUT2D eigenvalue weighted by Gasteiger charge is -2.58. The lowest BCUT2D eigenvalue weighted by molar-refractivity contribution is -0.162. The van der Waals surface area contributed by atoms with Gasteiger partial charge in [0.2, 0.25) is 0 Å². The fourth-order valence-electron chi connectivity index (χ4n) is 6.10. The number of hydrogen-bond acceptors (Lipinski definition) is 4. The minimum atomic E-state index is -0.784. The first-order valence-electron chi connectivity index (χ1n) is 9.18. The van der Waals surface area contributed by atoms with Gasteiger partial charge in [0.15, 0.2) is 5.78 Å². The minimum absolute atomic E-state index is 0.0317. The topological polar surface area (TPSA) is 80.0 Å². The van der Waals surface area contributed by atoms with E-state index in [0.29, 0.717) is 18.1 Å². The Labute approximate surface area is 147 Å². The number of hydrogen-bond donors (Lipinski definition) is 1. The zero-order chi connectivity index (χ0) is 18.0. The molecule has 1 aliphatic heterocycles. The van der Waals surface area contributed by atoms with Gasteiger partial charge in [-0.25, -0.2) is 0 Å². The van der Waals surface area contributed by atoms with Crippen molar-refractivity contribution < 1.29 is 23.8 Å². The number of carbonyl (C=O) groups is 2. The molecule has 1 saturated heterocycles.